The molecule has 2 aliphatic rings. The molecule has 0 spiro atoms. The second-order valence-electron chi connectivity index (χ2n) is 10.1. The highest BCUT2D eigenvalue weighted by Crippen LogP contribution is 2.35. The lowest BCUT2D eigenvalue weighted by Gasteiger charge is -2.21. The van der Waals surface area contributed by atoms with E-state index in [9.17, 15) is 14.7 Å². The molecule has 4 heterocycles. The van der Waals surface area contributed by atoms with Crippen LogP contribution < -0.4 is 15.2 Å². The highest BCUT2D eigenvalue weighted by molar-refractivity contribution is 6.33. The molecule has 2 aliphatic heterocycles. The third-order valence-electron chi connectivity index (χ3n) is 7.59. The molecule has 202 valence electrons. The van der Waals surface area contributed by atoms with E-state index in [1.807, 2.05) is 36.4 Å². The lowest BCUT2D eigenvalue weighted by atomic mass is 10.1. The molecule has 2 fully saturated rings. The average Bonchev–Trinajstić information content (AvgIpc) is 3.69. The summed E-state index contributed by atoms with van der Waals surface area (Å²) in [5, 5.41) is 10.3. The van der Waals surface area contributed by atoms with Gasteiger partial charge in [0.1, 0.15) is 11.1 Å². The number of halogens is 1. The zero-order valence-electron chi connectivity index (χ0n) is 21.6. The summed E-state index contributed by atoms with van der Waals surface area (Å²) in [6.45, 7) is 3.36. The van der Waals surface area contributed by atoms with Crippen molar-refractivity contribution >= 4 is 40.4 Å². The molecule has 0 radical (unpaired) electrons. The van der Waals surface area contributed by atoms with Crippen LogP contribution in [-0.2, 0) is 4.74 Å². The van der Waals surface area contributed by atoms with E-state index in [0.717, 1.165) is 51.0 Å². The highest BCUT2D eigenvalue weighted by atomic mass is 35.5. The Labute approximate surface area is 230 Å². The van der Waals surface area contributed by atoms with Gasteiger partial charge in [0.05, 0.1) is 29.1 Å². The maximum Gasteiger partial charge on any atom is 0.341 e. The summed E-state index contributed by atoms with van der Waals surface area (Å²) in [7, 11) is 1.69. The average molecular weight is 549 g/mol. The molecule has 1 atom stereocenters. The van der Waals surface area contributed by atoms with Gasteiger partial charge in [-0.2, -0.15) is 4.98 Å². The zero-order valence-corrected chi connectivity index (χ0v) is 22.4. The molecule has 0 bridgehead atoms. The summed E-state index contributed by atoms with van der Waals surface area (Å²) < 4.78 is 13.2. The molecule has 39 heavy (non-hydrogen) atoms. The number of hydrogen-bond acceptors (Lipinski definition) is 7. The molecule has 0 amide bonds. The Morgan fingerprint density at radius 2 is 1.95 bits per heavy atom. The Kier molecular flexibility index (Phi) is 6.78. The highest BCUT2D eigenvalue weighted by Gasteiger charge is 2.28. The molecular weight excluding hydrogens is 520 g/mol. The Bertz CT molecular complexity index is 1610. The topological polar surface area (TPSA) is 101 Å². The maximum absolute atomic E-state index is 12.8. The number of pyridine rings is 1. The first kappa shape index (κ1) is 25.5. The molecular formula is C29H29ClN4O5. The van der Waals surface area contributed by atoms with Gasteiger partial charge in [0.25, 0.3) is 6.01 Å². The van der Waals surface area contributed by atoms with Crippen molar-refractivity contribution < 1.29 is 19.1 Å². The van der Waals surface area contributed by atoms with Crippen LogP contribution in [0.25, 0.3) is 28.0 Å². The summed E-state index contributed by atoms with van der Waals surface area (Å²) in [5.74, 6) is -1.29. The molecule has 1 unspecified atom stereocenters. The van der Waals surface area contributed by atoms with Crippen LogP contribution in [0.15, 0.2) is 57.9 Å². The fourth-order valence-electron chi connectivity index (χ4n) is 5.64. The Hall–Kier alpha value is -3.82. The quantitative estimate of drug-likeness (QED) is 0.336. The van der Waals surface area contributed by atoms with E-state index in [-0.39, 0.29) is 11.6 Å². The number of benzene rings is 2. The predicted molar refractivity (Wildman–Crippen MR) is 151 cm³/mol. The van der Waals surface area contributed by atoms with Crippen molar-refractivity contribution in [3.05, 3.63) is 69.5 Å². The number of fused-ring (bicyclic) bond motifs is 1. The number of anilines is 2. The molecule has 2 aromatic heterocycles. The van der Waals surface area contributed by atoms with E-state index in [4.69, 9.17) is 20.8 Å². The largest absolute Gasteiger partial charge is 0.477 e. The van der Waals surface area contributed by atoms with Gasteiger partial charge in [0.2, 0.25) is 0 Å². The lowest BCUT2D eigenvalue weighted by Crippen LogP contribution is -2.32. The number of aromatic carboxylic acids is 1. The first-order valence-electron chi connectivity index (χ1n) is 13.1. The van der Waals surface area contributed by atoms with Crippen LogP contribution in [0.2, 0.25) is 5.02 Å². The molecule has 6 rings (SSSR count). The molecule has 1 N–H and O–H groups in total. The number of ether oxygens (including phenoxy) is 1. The number of carboxylic acid groups (broad SMARTS) is 1. The molecule has 4 aromatic rings. The van der Waals surface area contributed by atoms with E-state index < -0.39 is 11.4 Å². The second kappa shape index (κ2) is 10.4. The third-order valence-corrected chi connectivity index (χ3v) is 7.90. The van der Waals surface area contributed by atoms with Crippen molar-refractivity contribution in [2.75, 3.05) is 43.2 Å². The summed E-state index contributed by atoms with van der Waals surface area (Å²) in [4.78, 5) is 33.7. The predicted octanol–water partition coefficient (Wildman–Crippen LogP) is 5.21. The van der Waals surface area contributed by atoms with E-state index in [2.05, 4.69) is 14.8 Å². The van der Waals surface area contributed by atoms with Gasteiger partial charge < -0.3 is 28.6 Å². The van der Waals surface area contributed by atoms with Crippen LogP contribution in [0.3, 0.4) is 0 Å². The van der Waals surface area contributed by atoms with E-state index >= 15 is 0 Å². The summed E-state index contributed by atoms with van der Waals surface area (Å²) in [6.07, 6.45) is 5.66. The monoisotopic (exact) mass is 548 g/mol. The molecule has 0 saturated carbocycles. The van der Waals surface area contributed by atoms with E-state index in [1.165, 1.54) is 12.3 Å². The molecule has 10 heteroatoms. The molecule has 9 nitrogen and oxygen atoms in total. The van der Waals surface area contributed by atoms with Gasteiger partial charge in [-0.15, -0.1) is 0 Å². The molecule has 2 aromatic carbocycles. The minimum Gasteiger partial charge on any atom is -0.477 e. The smallest absolute Gasteiger partial charge is 0.341 e. The number of methoxy groups -OCH3 is 1. The Morgan fingerprint density at radius 3 is 2.69 bits per heavy atom. The van der Waals surface area contributed by atoms with Crippen molar-refractivity contribution in [2.45, 2.75) is 31.7 Å². The summed E-state index contributed by atoms with van der Waals surface area (Å²) in [6, 6.07) is 13.3. The maximum atomic E-state index is 12.8. The van der Waals surface area contributed by atoms with Gasteiger partial charge >= 0.3 is 5.97 Å². The van der Waals surface area contributed by atoms with E-state index in [0.29, 0.717) is 45.7 Å². The molecule has 0 aliphatic carbocycles. The Balaban J connectivity index is 1.43. The van der Waals surface area contributed by atoms with Crippen molar-refractivity contribution in [1.82, 2.24) is 9.55 Å². The number of carboxylic acids is 1. The first-order chi connectivity index (χ1) is 18.9. The number of oxazole rings is 1. The van der Waals surface area contributed by atoms with Gasteiger partial charge in [-0.05, 0) is 49.9 Å². The van der Waals surface area contributed by atoms with Crippen LogP contribution >= 0.6 is 11.6 Å². The molecule has 2 saturated heterocycles. The lowest BCUT2D eigenvalue weighted by molar-refractivity contribution is 0.0695. The van der Waals surface area contributed by atoms with Crippen LogP contribution in [0.5, 0.6) is 0 Å². The number of carbonyl (C=O) groups is 1. The SMILES string of the molecule is COCC1CCCN1c1nc2ccc(-n3cc(C(=O)O)c(=O)cc3-c3ccc(N4CCCC4)c(Cl)c3)cc2o1. The third kappa shape index (κ3) is 4.77. The second-order valence-corrected chi connectivity index (χ2v) is 10.5. The number of rotatable bonds is 7. The van der Waals surface area contributed by atoms with Crippen molar-refractivity contribution in [3.63, 3.8) is 0 Å². The van der Waals surface area contributed by atoms with Gasteiger partial charge in [0.15, 0.2) is 11.0 Å². The number of nitrogens with zero attached hydrogens (tertiary/aromatic N) is 4. The Morgan fingerprint density at radius 1 is 1.13 bits per heavy atom. The van der Waals surface area contributed by atoms with E-state index in [1.54, 1.807) is 11.7 Å². The fourth-order valence-corrected chi connectivity index (χ4v) is 5.94. The number of hydrogen-bond donors (Lipinski definition) is 1. The van der Waals surface area contributed by atoms with Gasteiger partial charge in [-0.25, -0.2) is 4.79 Å². The van der Waals surface area contributed by atoms with Crippen LogP contribution in [0, 0.1) is 0 Å². The zero-order chi connectivity index (χ0) is 27.1. The van der Waals surface area contributed by atoms with Crippen molar-refractivity contribution in [3.8, 4) is 16.9 Å². The van der Waals surface area contributed by atoms with Crippen LogP contribution in [0.4, 0.5) is 11.7 Å². The normalized spacial score (nSPS) is 17.4. The summed E-state index contributed by atoms with van der Waals surface area (Å²) in [5.41, 5.74) is 3.18. The minimum absolute atomic E-state index is 0.208. The first-order valence-corrected chi connectivity index (χ1v) is 13.5. The summed E-state index contributed by atoms with van der Waals surface area (Å²) >= 11 is 6.70. The van der Waals surface area contributed by atoms with Crippen LogP contribution in [-0.4, -0.2) is 60.0 Å². The van der Waals surface area contributed by atoms with Crippen molar-refractivity contribution in [2.24, 2.45) is 0 Å². The van der Waals surface area contributed by atoms with Gasteiger partial charge in [-0.3, -0.25) is 4.79 Å². The minimum atomic E-state index is -1.29. The van der Waals surface area contributed by atoms with Gasteiger partial charge in [-0.1, -0.05) is 17.7 Å². The standard InChI is InChI=1S/C29H29ClN4O5/c1-38-17-20-5-4-12-33(20)29-31-23-8-7-19(14-27(23)39-29)34-16-21(28(36)37)26(35)15-25(34)18-6-9-24(22(30)13-18)32-10-2-3-11-32/h6-9,13-16,20H,2-5,10-12,17H2,1H3,(H,36,37). The fraction of sp³-hybridized carbons (Fsp3) is 0.345. The number of aromatic nitrogens is 2. The van der Waals surface area contributed by atoms with Crippen molar-refractivity contribution in [1.29, 1.82) is 0 Å². The van der Waals surface area contributed by atoms with Gasteiger partial charge in [0, 0.05) is 56.3 Å². The van der Waals surface area contributed by atoms with Crippen LogP contribution in [0.1, 0.15) is 36.0 Å².